The molecule has 0 fully saturated rings. The average molecular weight is 332 g/mol. The fraction of sp³-hybridized carbons (Fsp3) is 0.143. The van der Waals surface area contributed by atoms with Crippen LogP contribution < -0.4 is 10.1 Å². The Morgan fingerprint density at radius 1 is 1.08 bits per heavy atom. The zero-order valence-corrected chi connectivity index (χ0v) is 14.3. The molecule has 3 aromatic rings. The van der Waals surface area contributed by atoms with E-state index in [0.717, 1.165) is 16.7 Å². The fourth-order valence-electron chi connectivity index (χ4n) is 2.49. The van der Waals surface area contributed by atoms with Crippen molar-refractivity contribution in [3.63, 3.8) is 0 Å². The minimum Gasteiger partial charge on any atom is -0.489 e. The third-order valence-electron chi connectivity index (χ3n) is 3.86. The van der Waals surface area contributed by atoms with Crippen LogP contribution in [0.15, 0.2) is 67.0 Å². The van der Waals surface area contributed by atoms with Crippen molar-refractivity contribution in [2.75, 3.05) is 5.32 Å². The molecule has 0 aliphatic rings. The van der Waals surface area contributed by atoms with E-state index >= 15 is 0 Å². The number of aryl methyl sites for hydroxylation is 2. The molecule has 2 aromatic carbocycles. The number of carbonyl (C=O) groups is 1. The van der Waals surface area contributed by atoms with E-state index in [4.69, 9.17) is 4.74 Å². The molecule has 0 atom stereocenters. The highest BCUT2D eigenvalue weighted by Crippen LogP contribution is 2.20. The van der Waals surface area contributed by atoms with Gasteiger partial charge in [-0.15, -0.1) is 0 Å². The predicted octanol–water partition coefficient (Wildman–Crippen LogP) is 4.53. The summed E-state index contributed by atoms with van der Waals surface area (Å²) in [5.74, 6) is 0.577. The van der Waals surface area contributed by atoms with Crippen molar-refractivity contribution < 1.29 is 9.53 Å². The lowest BCUT2D eigenvalue weighted by Crippen LogP contribution is -2.13. The summed E-state index contributed by atoms with van der Waals surface area (Å²) in [6, 6.07) is 17.1. The quantitative estimate of drug-likeness (QED) is 0.747. The van der Waals surface area contributed by atoms with Crippen molar-refractivity contribution in [1.29, 1.82) is 0 Å². The Kier molecular flexibility index (Phi) is 5.09. The van der Waals surface area contributed by atoms with Crippen LogP contribution in [0.25, 0.3) is 0 Å². The summed E-state index contributed by atoms with van der Waals surface area (Å²) in [5, 5.41) is 2.93. The second-order valence-electron chi connectivity index (χ2n) is 5.95. The van der Waals surface area contributed by atoms with Gasteiger partial charge in [-0.2, -0.15) is 0 Å². The first-order valence-electron chi connectivity index (χ1n) is 8.12. The molecule has 1 heterocycles. The molecule has 0 saturated heterocycles. The predicted molar refractivity (Wildman–Crippen MR) is 98.9 cm³/mol. The second kappa shape index (κ2) is 7.62. The molecule has 4 heteroatoms. The van der Waals surface area contributed by atoms with E-state index in [2.05, 4.69) is 10.3 Å². The zero-order chi connectivity index (χ0) is 17.6. The van der Waals surface area contributed by atoms with Crippen LogP contribution in [0.1, 0.15) is 27.0 Å². The molecule has 0 unspecified atom stereocenters. The van der Waals surface area contributed by atoms with Crippen molar-refractivity contribution >= 4 is 11.6 Å². The van der Waals surface area contributed by atoms with Crippen LogP contribution in [0, 0.1) is 13.8 Å². The number of hydrogen-bond donors (Lipinski definition) is 1. The largest absolute Gasteiger partial charge is 0.489 e. The van der Waals surface area contributed by atoms with Gasteiger partial charge < -0.3 is 10.1 Å². The van der Waals surface area contributed by atoms with Gasteiger partial charge in [0.15, 0.2) is 0 Å². The summed E-state index contributed by atoms with van der Waals surface area (Å²) >= 11 is 0. The van der Waals surface area contributed by atoms with Crippen LogP contribution in [0.4, 0.5) is 5.69 Å². The summed E-state index contributed by atoms with van der Waals surface area (Å²) in [6.07, 6.45) is 3.50. The number of anilines is 1. The minimum atomic E-state index is -0.120. The summed E-state index contributed by atoms with van der Waals surface area (Å²) in [7, 11) is 0. The number of rotatable bonds is 5. The molecule has 1 N–H and O–H groups in total. The number of ether oxygens (including phenoxy) is 1. The van der Waals surface area contributed by atoms with Gasteiger partial charge in [0.25, 0.3) is 5.91 Å². The van der Waals surface area contributed by atoms with Gasteiger partial charge in [0.05, 0.1) is 0 Å². The Morgan fingerprint density at radius 2 is 1.96 bits per heavy atom. The number of nitrogens with one attached hydrogen (secondary N) is 1. The molecule has 0 bridgehead atoms. The molecular weight excluding hydrogens is 312 g/mol. The number of aromatic nitrogens is 1. The van der Waals surface area contributed by atoms with Crippen LogP contribution in [0.5, 0.6) is 5.75 Å². The highest BCUT2D eigenvalue weighted by Gasteiger charge is 2.10. The summed E-state index contributed by atoms with van der Waals surface area (Å²) in [6.45, 7) is 4.34. The molecule has 1 amide bonds. The number of benzene rings is 2. The lowest BCUT2D eigenvalue weighted by atomic mass is 10.1. The fourth-order valence-corrected chi connectivity index (χ4v) is 2.49. The number of nitrogens with zero attached hydrogens (tertiary/aromatic N) is 1. The summed E-state index contributed by atoms with van der Waals surface area (Å²) in [4.78, 5) is 16.6. The Labute approximate surface area is 147 Å². The van der Waals surface area contributed by atoms with Crippen molar-refractivity contribution in [1.82, 2.24) is 4.98 Å². The number of hydrogen-bond acceptors (Lipinski definition) is 3. The maximum atomic E-state index is 12.5. The standard InChI is InChI=1S/C21H20N2O2/c1-15-8-9-16(2)20(11-15)21(24)23-18-6-3-7-19(12-18)25-14-17-5-4-10-22-13-17/h3-13H,14H2,1-2H3,(H,23,24). The summed E-state index contributed by atoms with van der Waals surface area (Å²) in [5.41, 5.74) is 4.39. The van der Waals surface area contributed by atoms with Gasteiger partial charge in [0.1, 0.15) is 12.4 Å². The Morgan fingerprint density at radius 3 is 2.76 bits per heavy atom. The van der Waals surface area contributed by atoms with E-state index in [9.17, 15) is 4.79 Å². The van der Waals surface area contributed by atoms with Crippen LogP contribution in [-0.2, 0) is 6.61 Å². The van der Waals surface area contributed by atoms with Gasteiger partial charge in [0.2, 0.25) is 0 Å². The molecule has 0 radical (unpaired) electrons. The van der Waals surface area contributed by atoms with Gasteiger partial charge in [-0.05, 0) is 43.7 Å². The Balaban J connectivity index is 1.69. The molecule has 0 saturated carbocycles. The first-order chi connectivity index (χ1) is 12.1. The van der Waals surface area contributed by atoms with Gasteiger partial charge in [-0.25, -0.2) is 0 Å². The third kappa shape index (κ3) is 4.44. The number of pyridine rings is 1. The Bertz CT molecular complexity index is 876. The highest BCUT2D eigenvalue weighted by molar-refractivity contribution is 6.05. The first-order valence-corrected chi connectivity index (χ1v) is 8.12. The average Bonchev–Trinajstić information content (AvgIpc) is 2.63. The third-order valence-corrected chi connectivity index (χ3v) is 3.86. The molecule has 0 aliphatic carbocycles. The van der Waals surface area contributed by atoms with Crippen LogP contribution in [0.2, 0.25) is 0 Å². The van der Waals surface area contributed by atoms with Crippen LogP contribution in [-0.4, -0.2) is 10.9 Å². The van der Waals surface area contributed by atoms with Gasteiger partial charge in [0, 0.05) is 35.3 Å². The van der Waals surface area contributed by atoms with Crippen molar-refractivity contribution in [2.24, 2.45) is 0 Å². The topological polar surface area (TPSA) is 51.2 Å². The molecule has 0 spiro atoms. The van der Waals surface area contributed by atoms with Gasteiger partial charge >= 0.3 is 0 Å². The molecule has 126 valence electrons. The first kappa shape index (κ1) is 16.7. The zero-order valence-electron chi connectivity index (χ0n) is 14.3. The van der Waals surface area contributed by atoms with E-state index in [1.54, 1.807) is 12.4 Å². The molecule has 3 rings (SSSR count). The lowest BCUT2D eigenvalue weighted by molar-refractivity contribution is 0.102. The summed E-state index contributed by atoms with van der Waals surface area (Å²) < 4.78 is 5.77. The minimum absolute atomic E-state index is 0.120. The maximum Gasteiger partial charge on any atom is 0.255 e. The smallest absolute Gasteiger partial charge is 0.255 e. The molecule has 0 aliphatic heterocycles. The van der Waals surface area contributed by atoms with E-state index in [0.29, 0.717) is 23.6 Å². The highest BCUT2D eigenvalue weighted by atomic mass is 16.5. The second-order valence-corrected chi connectivity index (χ2v) is 5.95. The van der Waals surface area contributed by atoms with E-state index in [-0.39, 0.29) is 5.91 Å². The Hall–Kier alpha value is -3.14. The van der Waals surface area contributed by atoms with E-state index in [1.807, 2.05) is 68.4 Å². The van der Waals surface area contributed by atoms with Crippen molar-refractivity contribution in [3.05, 3.63) is 89.2 Å². The normalized spacial score (nSPS) is 10.3. The van der Waals surface area contributed by atoms with Gasteiger partial charge in [-0.3, -0.25) is 9.78 Å². The van der Waals surface area contributed by atoms with E-state index < -0.39 is 0 Å². The number of carbonyl (C=O) groups excluding carboxylic acids is 1. The SMILES string of the molecule is Cc1ccc(C)c(C(=O)Nc2cccc(OCc3cccnc3)c2)c1. The van der Waals surface area contributed by atoms with Crippen LogP contribution >= 0.6 is 0 Å². The number of amides is 1. The molecule has 1 aromatic heterocycles. The monoisotopic (exact) mass is 332 g/mol. The molecule has 4 nitrogen and oxygen atoms in total. The lowest BCUT2D eigenvalue weighted by Gasteiger charge is -2.11. The maximum absolute atomic E-state index is 12.5. The molecule has 25 heavy (non-hydrogen) atoms. The molecular formula is C21H20N2O2. The van der Waals surface area contributed by atoms with Crippen molar-refractivity contribution in [2.45, 2.75) is 20.5 Å². The van der Waals surface area contributed by atoms with Gasteiger partial charge in [-0.1, -0.05) is 29.8 Å². The van der Waals surface area contributed by atoms with Crippen LogP contribution in [0.3, 0.4) is 0 Å². The van der Waals surface area contributed by atoms with Crippen molar-refractivity contribution in [3.8, 4) is 5.75 Å². The van der Waals surface area contributed by atoms with E-state index in [1.165, 1.54) is 0 Å².